The van der Waals surface area contributed by atoms with E-state index in [-0.39, 0.29) is 18.0 Å². The highest BCUT2D eigenvalue weighted by Crippen LogP contribution is 2.42. The normalized spacial score (nSPS) is 24.9. The largest absolute Gasteiger partial charge is 0.493 e. The van der Waals surface area contributed by atoms with E-state index in [2.05, 4.69) is 15.4 Å². The van der Waals surface area contributed by atoms with Gasteiger partial charge in [0, 0.05) is 17.8 Å². The molecule has 1 aromatic carbocycles. The molecule has 2 N–H and O–H groups in total. The van der Waals surface area contributed by atoms with Crippen LogP contribution in [0.25, 0.3) is 5.65 Å². The summed E-state index contributed by atoms with van der Waals surface area (Å²) in [4.78, 5) is 19.9. The minimum Gasteiger partial charge on any atom is -0.493 e. The van der Waals surface area contributed by atoms with Gasteiger partial charge in [-0.05, 0) is 43.5 Å². The molecule has 2 fully saturated rings. The molecule has 2 atom stereocenters. The quantitative estimate of drug-likeness (QED) is 0.532. The third kappa shape index (κ3) is 4.41. The number of halogens is 2. The summed E-state index contributed by atoms with van der Waals surface area (Å²) in [6.45, 7) is 2.04. The van der Waals surface area contributed by atoms with Gasteiger partial charge in [0.05, 0.1) is 43.1 Å². The first-order valence-electron chi connectivity index (χ1n) is 11.5. The Bertz CT molecular complexity index is 1250. The van der Waals surface area contributed by atoms with E-state index >= 15 is 0 Å². The van der Waals surface area contributed by atoms with Crippen molar-refractivity contribution in [3.05, 3.63) is 52.7 Å². The molecule has 1 aliphatic heterocycles. The number of aromatic nitrogens is 3. The Hall–Kier alpha value is -2.95. The lowest BCUT2D eigenvalue weighted by Crippen LogP contribution is -2.68. The molecule has 2 aliphatic rings. The van der Waals surface area contributed by atoms with E-state index in [9.17, 15) is 14.3 Å². The number of nitrogens with one attached hydrogen (secondary N) is 1. The van der Waals surface area contributed by atoms with Crippen LogP contribution in [-0.2, 0) is 4.74 Å². The third-order valence-electron chi connectivity index (χ3n) is 6.70. The number of nitrogens with zero attached hydrogens (tertiary/aromatic N) is 4. The second kappa shape index (κ2) is 9.25. The van der Waals surface area contributed by atoms with Gasteiger partial charge >= 0.3 is 0 Å². The number of hydrogen-bond acceptors (Lipinski definition) is 7. The monoisotopic (exact) mass is 503 g/mol. The van der Waals surface area contributed by atoms with Crippen molar-refractivity contribution in [2.24, 2.45) is 0 Å². The van der Waals surface area contributed by atoms with Crippen LogP contribution in [0.2, 0.25) is 5.02 Å². The molecule has 1 saturated carbocycles. The molecule has 0 radical (unpaired) electrons. The van der Waals surface area contributed by atoms with E-state index in [1.807, 2.05) is 6.92 Å². The summed E-state index contributed by atoms with van der Waals surface area (Å²) in [5.74, 6) is 0.354. The molecule has 186 valence electrons. The average molecular weight is 504 g/mol. The van der Waals surface area contributed by atoms with Crippen LogP contribution in [0.5, 0.6) is 5.75 Å². The lowest BCUT2D eigenvalue weighted by molar-refractivity contribution is -0.154. The minimum absolute atomic E-state index is 0.112. The molecule has 9 nitrogen and oxygen atoms in total. The molecule has 3 heterocycles. The molecule has 1 amide bonds. The van der Waals surface area contributed by atoms with Gasteiger partial charge in [-0.3, -0.25) is 4.79 Å². The first-order valence-corrected chi connectivity index (χ1v) is 11.8. The number of morpholine rings is 1. The highest BCUT2D eigenvalue weighted by molar-refractivity contribution is 6.30. The fourth-order valence-corrected chi connectivity index (χ4v) is 5.06. The van der Waals surface area contributed by atoms with Crippen molar-refractivity contribution < 1.29 is 23.8 Å². The van der Waals surface area contributed by atoms with Crippen LogP contribution < -0.4 is 10.1 Å². The average Bonchev–Trinajstić information content (AvgIpc) is 3.24. The zero-order valence-electron chi connectivity index (χ0n) is 19.4. The molecule has 1 saturated heterocycles. The van der Waals surface area contributed by atoms with Crippen LogP contribution in [0.1, 0.15) is 41.7 Å². The van der Waals surface area contributed by atoms with Crippen LogP contribution >= 0.6 is 11.6 Å². The van der Waals surface area contributed by atoms with Crippen molar-refractivity contribution in [1.29, 1.82) is 0 Å². The molecule has 11 heteroatoms. The van der Waals surface area contributed by atoms with Crippen molar-refractivity contribution >= 4 is 29.1 Å². The number of carbonyl (C=O) groups excluding carboxylic acids is 1. The number of aliphatic hydroxyl groups is 1. The fourth-order valence-electron chi connectivity index (χ4n) is 4.86. The molecule has 0 bridgehead atoms. The standard InChI is InChI=1S/C24H27ClFN5O4/c1-14-11-30(24(13-35-14)8-18(32)9-24)22(33)16-7-20(34-2)21-28-23(29-31(21)12-16)27-19(10-26)15-4-3-5-17(25)6-15/h3-7,12,14,18-19,32H,8-11,13H2,1-2H3,(H,27,29)/t14?,18-,19?,24-. The topological polar surface area (TPSA) is 101 Å². The lowest BCUT2D eigenvalue weighted by atomic mass is 9.72. The van der Waals surface area contributed by atoms with Gasteiger partial charge in [0.2, 0.25) is 5.95 Å². The summed E-state index contributed by atoms with van der Waals surface area (Å²) < 4.78 is 26.6. The number of methoxy groups -OCH3 is 1. The Morgan fingerprint density at radius 2 is 2.23 bits per heavy atom. The minimum atomic E-state index is -0.696. The van der Waals surface area contributed by atoms with Crippen molar-refractivity contribution in [1.82, 2.24) is 19.5 Å². The molecule has 2 unspecified atom stereocenters. The van der Waals surface area contributed by atoms with E-state index in [1.165, 1.54) is 11.6 Å². The molecular weight excluding hydrogens is 477 g/mol. The number of benzene rings is 1. The maximum Gasteiger partial charge on any atom is 0.256 e. The van der Waals surface area contributed by atoms with Gasteiger partial charge in [-0.25, -0.2) is 8.91 Å². The van der Waals surface area contributed by atoms with Gasteiger partial charge < -0.3 is 24.8 Å². The van der Waals surface area contributed by atoms with Gasteiger partial charge in [0.15, 0.2) is 11.4 Å². The summed E-state index contributed by atoms with van der Waals surface area (Å²) in [6, 6.07) is 7.85. The fraction of sp³-hybridized carbons (Fsp3) is 0.458. The number of pyridine rings is 1. The van der Waals surface area contributed by atoms with Crippen LogP contribution in [0.4, 0.5) is 10.3 Å². The molecule has 1 spiro atoms. The summed E-state index contributed by atoms with van der Waals surface area (Å²) in [5, 5.41) is 17.9. The highest BCUT2D eigenvalue weighted by Gasteiger charge is 2.53. The Kier molecular flexibility index (Phi) is 6.29. The van der Waals surface area contributed by atoms with Crippen molar-refractivity contribution in [2.75, 3.05) is 32.3 Å². The second-order valence-corrected chi connectivity index (χ2v) is 9.67. The number of amides is 1. The third-order valence-corrected chi connectivity index (χ3v) is 6.94. The number of fused-ring (bicyclic) bond motifs is 1. The smallest absolute Gasteiger partial charge is 0.256 e. The number of anilines is 1. The van der Waals surface area contributed by atoms with Gasteiger partial charge in [-0.1, -0.05) is 23.7 Å². The van der Waals surface area contributed by atoms with Gasteiger partial charge in [-0.2, -0.15) is 4.98 Å². The maximum absolute atomic E-state index is 13.8. The van der Waals surface area contributed by atoms with Gasteiger partial charge in [-0.15, -0.1) is 5.10 Å². The van der Waals surface area contributed by atoms with Crippen molar-refractivity contribution in [3.8, 4) is 5.75 Å². The van der Waals surface area contributed by atoms with E-state index in [1.54, 1.807) is 41.4 Å². The second-order valence-electron chi connectivity index (χ2n) is 9.23. The highest BCUT2D eigenvalue weighted by atomic mass is 35.5. The van der Waals surface area contributed by atoms with Crippen molar-refractivity contribution in [2.45, 2.75) is 43.6 Å². The predicted octanol–water partition coefficient (Wildman–Crippen LogP) is 3.27. The van der Waals surface area contributed by atoms with E-state index < -0.39 is 24.4 Å². The summed E-state index contributed by atoms with van der Waals surface area (Å²) in [6.07, 6.45) is 2.00. The van der Waals surface area contributed by atoms with Crippen LogP contribution in [0.15, 0.2) is 36.5 Å². The number of alkyl halides is 1. The maximum atomic E-state index is 13.8. The molecule has 3 aromatic rings. The summed E-state index contributed by atoms with van der Waals surface area (Å²) in [7, 11) is 1.49. The number of rotatable bonds is 6. The van der Waals surface area contributed by atoms with Crippen LogP contribution in [-0.4, -0.2) is 75.2 Å². The zero-order chi connectivity index (χ0) is 24.7. The van der Waals surface area contributed by atoms with Gasteiger partial charge in [0.1, 0.15) is 6.67 Å². The zero-order valence-corrected chi connectivity index (χ0v) is 20.2. The van der Waals surface area contributed by atoms with E-state index in [4.69, 9.17) is 21.1 Å². The Labute approximate surface area is 206 Å². The number of ether oxygens (including phenoxy) is 2. The molecule has 1 aliphatic carbocycles. The number of hydrogen-bond donors (Lipinski definition) is 2. The molecule has 5 rings (SSSR count). The number of carbonyl (C=O) groups is 1. The molecule has 2 aromatic heterocycles. The Balaban J connectivity index is 1.45. The van der Waals surface area contributed by atoms with Gasteiger partial charge in [0.25, 0.3) is 5.91 Å². The summed E-state index contributed by atoms with van der Waals surface area (Å²) >= 11 is 6.06. The Morgan fingerprint density at radius 1 is 1.43 bits per heavy atom. The first kappa shape index (κ1) is 23.8. The van der Waals surface area contributed by atoms with E-state index in [0.29, 0.717) is 53.5 Å². The Morgan fingerprint density at radius 3 is 2.91 bits per heavy atom. The predicted molar refractivity (Wildman–Crippen MR) is 128 cm³/mol. The number of aliphatic hydroxyl groups excluding tert-OH is 1. The summed E-state index contributed by atoms with van der Waals surface area (Å²) in [5.41, 5.74) is 0.916. The lowest BCUT2D eigenvalue weighted by Gasteiger charge is -2.55. The molecule has 35 heavy (non-hydrogen) atoms. The molecular formula is C24H27ClFN5O4. The van der Waals surface area contributed by atoms with Crippen LogP contribution in [0.3, 0.4) is 0 Å². The van der Waals surface area contributed by atoms with Crippen LogP contribution in [0, 0.1) is 0 Å². The van der Waals surface area contributed by atoms with E-state index in [0.717, 1.165) is 0 Å². The first-order chi connectivity index (χ1) is 16.8. The SMILES string of the molecule is COc1cc(C(=O)N2CC(C)OC[C@]23C[C@@H](O)C3)cn2nc(NC(CF)c3cccc(Cl)c3)nc12. The van der Waals surface area contributed by atoms with Crippen molar-refractivity contribution in [3.63, 3.8) is 0 Å².